The minimum absolute atomic E-state index is 0.0743. The molecule has 5 rings (SSSR count). The summed E-state index contributed by atoms with van der Waals surface area (Å²) < 4.78 is 84.1. The Bertz CT molecular complexity index is 1380. The second kappa shape index (κ2) is 11.1. The zero-order chi connectivity index (χ0) is 30.6. The maximum Gasteiger partial charge on any atom is 0.408 e. The Kier molecular flexibility index (Phi) is 8.03. The number of amides is 1. The summed E-state index contributed by atoms with van der Waals surface area (Å²) in [6, 6.07) is 6.20. The van der Waals surface area contributed by atoms with E-state index in [0.29, 0.717) is 23.7 Å². The molecule has 4 aliphatic carbocycles. The Morgan fingerprint density at radius 2 is 1.79 bits per heavy atom. The molecule has 0 aromatic heterocycles. The normalized spacial score (nSPS) is 38.9. The van der Waals surface area contributed by atoms with E-state index in [4.69, 9.17) is 4.74 Å². The van der Waals surface area contributed by atoms with Gasteiger partial charge in [0.05, 0.1) is 5.60 Å². The Morgan fingerprint density at radius 1 is 1.10 bits per heavy atom. The summed E-state index contributed by atoms with van der Waals surface area (Å²) in [5.74, 6) is 0.692. The number of carbonyl (C=O) groups is 2. The van der Waals surface area contributed by atoms with Crippen LogP contribution in [0.2, 0.25) is 0 Å². The highest BCUT2D eigenvalue weighted by Gasteiger charge is 2.70. The molecular formula is C32H34F5NO4. The average Bonchev–Trinajstić information content (AvgIpc) is 3.25. The summed E-state index contributed by atoms with van der Waals surface area (Å²) in [4.78, 5) is 23.5. The molecule has 226 valence electrons. The van der Waals surface area contributed by atoms with Crippen molar-refractivity contribution >= 4 is 11.9 Å². The predicted octanol–water partition coefficient (Wildman–Crippen LogP) is 5.56. The van der Waals surface area contributed by atoms with Crippen LogP contribution in [0.25, 0.3) is 0 Å². The molecule has 10 heteroatoms. The first kappa shape index (κ1) is 30.3. The van der Waals surface area contributed by atoms with E-state index in [1.54, 1.807) is 32.9 Å². The van der Waals surface area contributed by atoms with Gasteiger partial charge < -0.3 is 15.2 Å². The number of halogens is 5. The third kappa shape index (κ3) is 4.47. The van der Waals surface area contributed by atoms with Gasteiger partial charge in [-0.2, -0.15) is 0 Å². The van der Waals surface area contributed by atoms with Crippen LogP contribution < -0.4 is 5.32 Å². The number of allylic oxidation sites excluding steroid dienone is 4. The maximum atomic E-state index is 17.1. The van der Waals surface area contributed by atoms with E-state index in [1.807, 2.05) is 0 Å². The zero-order valence-corrected chi connectivity index (χ0v) is 23.6. The largest absolute Gasteiger partial charge is 0.436 e. The zero-order valence-electron chi connectivity index (χ0n) is 23.6. The molecule has 1 aromatic rings. The molecule has 1 amide bonds. The number of aliphatic hydroxyl groups is 1. The molecule has 1 aromatic carbocycles. The van der Waals surface area contributed by atoms with Crippen LogP contribution in [-0.2, 0) is 9.53 Å². The highest BCUT2D eigenvalue weighted by atomic mass is 19.2. The summed E-state index contributed by atoms with van der Waals surface area (Å²) in [5, 5.41) is 14.1. The Balaban J connectivity index is 1.62. The molecule has 2 saturated carbocycles. The van der Waals surface area contributed by atoms with Crippen molar-refractivity contribution in [3.63, 3.8) is 0 Å². The van der Waals surface area contributed by atoms with Gasteiger partial charge in [-0.3, -0.25) is 4.79 Å². The van der Waals surface area contributed by atoms with Crippen LogP contribution in [0, 0.1) is 29.1 Å². The van der Waals surface area contributed by atoms with Gasteiger partial charge >= 0.3 is 6.09 Å². The molecule has 2 N–H and O–H groups in total. The molecule has 4 aliphatic rings. The molecule has 5 nitrogen and oxygen atoms in total. The van der Waals surface area contributed by atoms with Crippen LogP contribution in [0.5, 0.6) is 0 Å². The maximum absolute atomic E-state index is 17.1. The van der Waals surface area contributed by atoms with Gasteiger partial charge in [0.1, 0.15) is 12.3 Å². The molecule has 0 saturated heterocycles. The van der Waals surface area contributed by atoms with Gasteiger partial charge in [-0.05, 0) is 72.6 Å². The first-order valence-corrected chi connectivity index (χ1v) is 14.3. The van der Waals surface area contributed by atoms with Gasteiger partial charge in [-0.15, -0.1) is 0 Å². The smallest absolute Gasteiger partial charge is 0.408 e. The van der Waals surface area contributed by atoms with Crippen molar-refractivity contribution in [2.75, 3.05) is 13.2 Å². The molecular weight excluding hydrogens is 557 g/mol. The third-order valence-corrected chi connectivity index (χ3v) is 9.96. The predicted molar refractivity (Wildman–Crippen MR) is 145 cm³/mol. The molecule has 0 bridgehead atoms. The van der Waals surface area contributed by atoms with E-state index in [-0.39, 0.29) is 31.4 Å². The number of benzene rings is 1. The molecule has 5 unspecified atom stereocenters. The minimum Gasteiger partial charge on any atom is -0.436 e. The third-order valence-electron chi connectivity index (χ3n) is 9.96. The van der Waals surface area contributed by atoms with Crippen LogP contribution >= 0.6 is 0 Å². The number of alkyl carbamates (subject to hydrolysis) is 1. The van der Waals surface area contributed by atoms with Crippen LogP contribution in [0.3, 0.4) is 0 Å². The lowest BCUT2D eigenvalue weighted by Gasteiger charge is -2.57. The number of hydrogen-bond donors (Lipinski definition) is 2. The summed E-state index contributed by atoms with van der Waals surface area (Å²) in [6.07, 6.45) is -11.1. The number of rotatable bonds is 4. The van der Waals surface area contributed by atoms with Crippen molar-refractivity contribution in [1.82, 2.24) is 5.32 Å². The van der Waals surface area contributed by atoms with Crippen molar-refractivity contribution in [2.24, 2.45) is 17.3 Å². The monoisotopic (exact) mass is 591 g/mol. The summed E-state index contributed by atoms with van der Waals surface area (Å²) in [5.41, 5.74) is -3.36. The molecule has 2 fully saturated rings. The number of nitrogens with one attached hydrogen (secondary N) is 1. The SMILES string of the molecule is CCNC(=O)OCC#Cc1ccc([C@@H]2C3=C4C(=CC(=O)C(F)C4F)C(F)C(F)[C@H]3[C@@H]3CC[C@@](O)(CC)[C@@]3(C)C2F)cc1. The molecule has 42 heavy (non-hydrogen) atoms. The fraction of sp³-hybridized carbons (Fsp3) is 0.562. The van der Waals surface area contributed by atoms with Gasteiger partial charge in [-0.1, -0.05) is 37.8 Å². The second-order valence-corrected chi connectivity index (χ2v) is 11.8. The topological polar surface area (TPSA) is 75.6 Å². The number of fused-ring (bicyclic) bond motifs is 4. The van der Waals surface area contributed by atoms with Crippen molar-refractivity contribution in [1.29, 1.82) is 0 Å². The van der Waals surface area contributed by atoms with Gasteiger partial charge in [0, 0.05) is 29.4 Å². The number of carbonyl (C=O) groups excluding carboxylic acids is 2. The molecule has 0 radical (unpaired) electrons. The summed E-state index contributed by atoms with van der Waals surface area (Å²) in [7, 11) is 0. The van der Waals surface area contributed by atoms with E-state index in [9.17, 15) is 19.1 Å². The van der Waals surface area contributed by atoms with Crippen molar-refractivity contribution in [2.45, 2.75) is 82.4 Å². The highest BCUT2D eigenvalue weighted by Crippen LogP contribution is 2.68. The lowest BCUT2D eigenvalue weighted by Crippen LogP contribution is -2.61. The fourth-order valence-electron chi connectivity index (χ4n) is 7.77. The van der Waals surface area contributed by atoms with Gasteiger partial charge in [-0.25, -0.2) is 26.7 Å². The van der Waals surface area contributed by atoms with E-state index < -0.39 is 82.7 Å². The highest BCUT2D eigenvalue weighted by molar-refractivity contribution is 5.98. The Morgan fingerprint density at radius 3 is 2.43 bits per heavy atom. The van der Waals surface area contributed by atoms with E-state index >= 15 is 17.6 Å². The van der Waals surface area contributed by atoms with Gasteiger partial charge in [0.2, 0.25) is 0 Å². The number of hydrogen-bond acceptors (Lipinski definition) is 4. The average molecular weight is 592 g/mol. The standard InChI is InChI=1S/C32H34F5NO4/c1-4-32(41)13-12-19-23-24(22-18(25(33)28(23)36)15-20(39)26(34)27(22)35)21(29(37)31(19,32)3)17-10-8-16(9-11-17)7-6-14-42-30(40)38-5-2/h8-11,15,19,21,23,25-29,41H,4-5,12-14H2,1-3H3,(H,38,40)/t19-,21+,23-,25?,26?,27?,28?,29?,31+,32-/m0/s1. The first-order valence-electron chi connectivity index (χ1n) is 14.3. The van der Waals surface area contributed by atoms with Crippen LogP contribution in [0.15, 0.2) is 47.1 Å². The number of ketones is 1. The number of ether oxygens (including phenoxy) is 1. The van der Waals surface area contributed by atoms with E-state index in [2.05, 4.69) is 17.2 Å². The van der Waals surface area contributed by atoms with Gasteiger partial charge in [0.15, 0.2) is 30.9 Å². The quantitative estimate of drug-likeness (QED) is 0.355. The lowest BCUT2D eigenvalue weighted by atomic mass is 9.49. The van der Waals surface area contributed by atoms with Gasteiger partial charge in [0.25, 0.3) is 0 Å². The molecule has 0 aliphatic heterocycles. The van der Waals surface area contributed by atoms with Crippen molar-refractivity contribution < 1.29 is 41.4 Å². The number of alkyl halides is 5. The van der Waals surface area contributed by atoms with E-state index in [0.717, 1.165) is 0 Å². The van der Waals surface area contributed by atoms with Crippen molar-refractivity contribution in [3.8, 4) is 11.8 Å². The van der Waals surface area contributed by atoms with Crippen LogP contribution in [0.1, 0.15) is 57.1 Å². The summed E-state index contributed by atoms with van der Waals surface area (Å²) in [6.45, 7) is 5.22. The first-order chi connectivity index (χ1) is 19.9. The van der Waals surface area contributed by atoms with Crippen molar-refractivity contribution in [3.05, 3.63) is 58.2 Å². The van der Waals surface area contributed by atoms with Crippen LogP contribution in [0.4, 0.5) is 26.7 Å². The minimum atomic E-state index is -2.61. The van der Waals surface area contributed by atoms with E-state index in [1.165, 1.54) is 12.1 Å². The van der Waals surface area contributed by atoms with Crippen LogP contribution in [-0.4, -0.2) is 66.6 Å². The molecule has 0 heterocycles. The molecule has 0 spiro atoms. The second-order valence-electron chi connectivity index (χ2n) is 11.8. The molecule has 10 atom stereocenters. The Hall–Kier alpha value is -3.19. The lowest BCUT2D eigenvalue weighted by molar-refractivity contribution is -0.143. The Labute approximate surface area is 241 Å². The summed E-state index contributed by atoms with van der Waals surface area (Å²) >= 11 is 0. The fourth-order valence-corrected chi connectivity index (χ4v) is 7.77.